The number of hydrogen-bond acceptors (Lipinski definition) is 0. The Bertz CT molecular complexity index is 110. The molecule has 0 saturated carbocycles. The quantitative estimate of drug-likeness (QED) is 0.351. The number of unbranched alkanes of at least 4 members (excludes halogenated alkanes) is 6. The molecule has 0 heterocycles. The predicted octanol–water partition coefficient (Wildman–Crippen LogP) is 3.92. The Morgan fingerprint density at radius 2 is 1.57 bits per heavy atom. The first kappa shape index (κ1) is 13.7. The fraction of sp³-hybridized carbons (Fsp3) is 0.846. The molecule has 0 atom stereocenters. The summed E-state index contributed by atoms with van der Waals surface area (Å²) in [4.78, 5) is 0. The largest absolute Gasteiger partial charge is 0.242 e. The molecule has 0 amide bonds. The van der Waals surface area contributed by atoms with Gasteiger partial charge in [0.25, 0.3) is 0 Å². The molecule has 0 bridgehead atoms. The third-order valence-corrected chi connectivity index (χ3v) is 2.36. The van der Waals surface area contributed by atoms with Crippen LogP contribution in [0.25, 0.3) is 0 Å². The van der Waals surface area contributed by atoms with E-state index in [2.05, 4.69) is 18.8 Å². The van der Waals surface area contributed by atoms with Crippen molar-refractivity contribution in [3.05, 3.63) is 12.7 Å². The zero-order valence-corrected chi connectivity index (χ0v) is 9.80. The van der Waals surface area contributed by atoms with Gasteiger partial charge < -0.3 is 0 Å². The molecule has 0 aliphatic carbocycles. The summed E-state index contributed by atoms with van der Waals surface area (Å²) >= 11 is 0. The lowest BCUT2D eigenvalue weighted by Crippen LogP contribution is -2.07. The number of hydrogen-bond donors (Lipinski definition) is 0. The minimum atomic E-state index is 1.05. The Kier molecular flexibility index (Phi) is 12.4. The lowest BCUT2D eigenvalue weighted by atomic mass is 10.1. The summed E-state index contributed by atoms with van der Waals surface area (Å²) in [6, 6.07) is 0. The van der Waals surface area contributed by atoms with Crippen molar-refractivity contribution in [2.24, 2.45) is 0 Å². The van der Waals surface area contributed by atoms with Crippen molar-refractivity contribution in [2.45, 2.75) is 58.3 Å². The third-order valence-electron chi connectivity index (χ3n) is 2.36. The number of allylic oxidation sites excluding steroid dienone is 1. The molecule has 0 aliphatic rings. The van der Waals surface area contributed by atoms with Crippen molar-refractivity contribution in [1.82, 2.24) is 5.32 Å². The Morgan fingerprint density at radius 3 is 2.21 bits per heavy atom. The van der Waals surface area contributed by atoms with Crippen LogP contribution in [-0.2, 0) is 0 Å². The molecule has 0 saturated heterocycles. The lowest BCUT2D eigenvalue weighted by molar-refractivity contribution is 0.560. The standard InChI is InChI=1S/C13H26N/c1-3-5-6-7-8-9-10-11-13-14-12-4-2/h3H,1,4-13H2,2H3. The van der Waals surface area contributed by atoms with Gasteiger partial charge in [-0.05, 0) is 25.7 Å². The van der Waals surface area contributed by atoms with Crippen molar-refractivity contribution in [3.63, 3.8) is 0 Å². The zero-order valence-electron chi connectivity index (χ0n) is 9.80. The van der Waals surface area contributed by atoms with Gasteiger partial charge in [0.05, 0.1) is 0 Å². The van der Waals surface area contributed by atoms with Crippen LogP contribution >= 0.6 is 0 Å². The summed E-state index contributed by atoms with van der Waals surface area (Å²) in [5, 5.41) is 4.42. The average Bonchev–Trinajstić information content (AvgIpc) is 2.21. The van der Waals surface area contributed by atoms with E-state index in [9.17, 15) is 0 Å². The summed E-state index contributed by atoms with van der Waals surface area (Å²) < 4.78 is 0. The zero-order chi connectivity index (χ0) is 10.5. The minimum Gasteiger partial charge on any atom is -0.242 e. The van der Waals surface area contributed by atoms with E-state index in [1.54, 1.807) is 0 Å². The fourth-order valence-electron chi connectivity index (χ4n) is 1.49. The Labute approximate surface area is 90.0 Å². The van der Waals surface area contributed by atoms with Crippen molar-refractivity contribution in [1.29, 1.82) is 0 Å². The van der Waals surface area contributed by atoms with E-state index in [1.807, 2.05) is 6.08 Å². The summed E-state index contributed by atoms with van der Waals surface area (Å²) in [5.41, 5.74) is 0. The predicted molar refractivity (Wildman–Crippen MR) is 64.7 cm³/mol. The first-order valence-corrected chi connectivity index (χ1v) is 6.16. The molecule has 0 unspecified atom stereocenters. The molecule has 0 aromatic rings. The van der Waals surface area contributed by atoms with E-state index in [4.69, 9.17) is 0 Å². The molecular formula is C13H26N. The van der Waals surface area contributed by atoms with E-state index in [1.165, 1.54) is 51.4 Å². The third kappa shape index (κ3) is 11.7. The fourth-order valence-corrected chi connectivity index (χ4v) is 1.49. The highest BCUT2D eigenvalue weighted by Crippen LogP contribution is 2.06. The van der Waals surface area contributed by atoms with Crippen molar-refractivity contribution in [3.8, 4) is 0 Å². The highest BCUT2D eigenvalue weighted by molar-refractivity contribution is 4.65. The Morgan fingerprint density at radius 1 is 0.929 bits per heavy atom. The van der Waals surface area contributed by atoms with E-state index in [-0.39, 0.29) is 0 Å². The first-order valence-electron chi connectivity index (χ1n) is 6.16. The van der Waals surface area contributed by atoms with Crippen molar-refractivity contribution < 1.29 is 0 Å². The molecule has 0 rings (SSSR count). The Hall–Kier alpha value is -0.300. The maximum atomic E-state index is 4.42. The second kappa shape index (κ2) is 12.7. The summed E-state index contributed by atoms with van der Waals surface area (Å²) in [5.74, 6) is 0. The molecule has 1 nitrogen and oxygen atoms in total. The van der Waals surface area contributed by atoms with Crippen LogP contribution in [0.3, 0.4) is 0 Å². The summed E-state index contributed by atoms with van der Waals surface area (Å²) in [7, 11) is 0. The molecule has 0 aromatic carbocycles. The topological polar surface area (TPSA) is 14.1 Å². The molecule has 0 N–H and O–H groups in total. The summed E-state index contributed by atoms with van der Waals surface area (Å²) in [6.45, 7) is 8.05. The van der Waals surface area contributed by atoms with E-state index >= 15 is 0 Å². The molecular weight excluding hydrogens is 170 g/mol. The Balaban J connectivity index is 2.81. The van der Waals surface area contributed by atoms with Crippen molar-refractivity contribution >= 4 is 0 Å². The van der Waals surface area contributed by atoms with Crippen LogP contribution in [0.1, 0.15) is 58.3 Å². The summed E-state index contributed by atoms with van der Waals surface area (Å²) in [6.07, 6.45) is 12.5. The van der Waals surface area contributed by atoms with Gasteiger partial charge in [0, 0.05) is 13.1 Å². The normalized spacial score (nSPS) is 10.4. The lowest BCUT2D eigenvalue weighted by Gasteiger charge is -2.01. The SMILES string of the molecule is C=CCCCCCCCC[N]CCC. The average molecular weight is 196 g/mol. The van der Waals surface area contributed by atoms with Crippen LogP contribution in [0.4, 0.5) is 0 Å². The second-order valence-corrected chi connectivity index (χ2v) is 3.87. The smallest absolute Gasteiger partial charge is 0.0133 e. The monoisotopic (exact) mass is 196 g/mol. The van der Waals surface area contributed by atoms with Gasteiger partial charge in [-0.3, -0.25) is 0 Å². The molecule has 0 aromatic heterocycles. The highest BCUT2D eigenvalue weighted by Gasteiger charge is 1.91. The number of nitrogens with zero attached hydrogens (tertiary/aromatic N) is 1. The minimum absolute atomic E-state index is 1.05. The van der Waals surface area contributed by atoms with Crippen LogP contribution in [0.5, 0.6) is 0 Å². The molecule has 1 heteroatoms. The van der Waals surface area contributed by atoms with Gasteiger partial charge >= 0.3 is 0 Å². The second-order valence-electron chi connectivity index (χ2n) is 3.87. The van der Waals surface area contributed by atoms with Gasteiger partial charge in [0.2, 0.25) is 0 Å². The van der Waals surface area contributed by atoms with Crippen molar-refractivity contribution in [2.75, 3.05) is 13.1 Å². The highest BCUT2D eigenvalue weighted by atomic mass is 14.8. The molecule has 0 spiro atoms. The van der Waals surface area contributed by atoms with Crippen LogP contribution in [0.2, 0.25) is 0 Å². The van der Waals surface area contributed by atoms with Gasteiger partial charge in [-0.25, -0.2) is 5.32 Å². The molecule has 0 aliphatic heterocycles. The van der Waals surface area contributed by atoms with Gasteiger partial charge in [-0.2, -0.15) is 0 Å². The van der Waals surface area contributed by atoms with E-state index in [0.29, 0.717) is 0 Å². The maximum Gasteiger partial charge on any atom is 0.0133 e. The molecule has 14 heavy (non-hydrogen) atoms. The maximum absolute atomic E-state index is 4.42. The van der Waals surface area contributed by atoms with E-state index < -0.39 is 0 Å². The van der Waals surface area contributed by atoms with Gasteiger partial charge in [-0.1, -0.05) is 38.7 Å². The first-order chi connectivity index (χ1) is 6.91. The van der Waals surface area contributed by atoms with Crippen LogP contribution in [-0.4, -0.2) is 13.1 Å². The number of rotatable bonds is 11. The molecule has 1 radical (unpaired) electrons. The van der Waals surface area contributed by atoms with Gasteiger partial charge in [0.15, 0.2) is 0 Å². The van der Waals surface area contributed by atoms with E-state index in [0.717, 1.165) is 13.1 Å². The van der Waals surface area contributed by atoms with Crippen LogP contribution < -0.4 is 5.32 Å². The molecule has 0 fully saturated rings. The van der Waals surface area contributed by atoms with Gasteiger partial charge in [0.1, 0.15) is 0 Å². The van der Waals surface area contributed by atoms with Gasteiger partial charge in [-0.15, -0.1) is 6.58 Å². The van der Waals surface area contributed by atoms with Crippen LogP contribution in [0.15, 0.2) is 12.7 Å². The van der Waals surface area contributed by atoms with Crippen LogP contribution in [0, 0.1) is 0 Å². The molecule has 83 valence electrons.